The second-order valence-corrected chi connectivity index (χ2v) is 6.01. The van der Waals surface area contributed by atoms with Gasteiger partial charge in [0.05, 0.1) is 6.20 Å². The SMILES string of the molecule is O=C(Nc1ccc2c(OCc3ccncc3)nccc2c1)c1ccc(F)cn1. The van der Waals surface area contributed by atoms with Gasteiger partial charge in [-0.2, -0.15) is 0 Å². The number of aromatic nitrogens is 3. The number of hydrogen-bond acceptors (Lipinski definition) is 5. The Hall–Kier alpha value is -3.87. The van der Waals surface area contributed by atoms with E-state index < -0.39 is 11.7 Å². The molecule has 0 atom stereocenters. The van der Waals surface area contributed by atoms with Crippen LogP contribution in [0.3, 0.4) is 0 Å². The van der Waals surface area contributed by atoms with E-state index in [2.05, 4.69) is 20.3 Å². The molecule has 0 aliphatic carbocycles. The first kappa shape index (κ1) is 17.5. The lowest BCUT2D eigenvalue weighted by Gasteiger charge is -2.10. The van der Waals surface area contributed by atoms with Crippen molar-refractivity contribution in [2.75, 3.05) is 5.32 Å². The van der Waals surface area contributed by atoms with Crippen molar-refractivity contribution in [1.29, 1.82) is 0 Å². The van der Waals surface area contributed by atoms with Gasteiger partial charge in [0, 0.05) is 29.7 Å². The Morgan fingerprint density at radius 3 is 2.64 bits per heavy atom. The van der Waals surface area contributed by atoms with E-state index in [1.54, 1.807) is 24.7 Å². The lowest BCUT2D eigenvalue weighted by molar-refractivity contribution is 0.102. The van der Waals surface area contributed by atoms with Crippen molar-refractivity contribution in [3.8, 4) is 5.88 Å². The Morgan fingerprint density at radius 1 is 1.00 bits per heavy atom. The van der Waals surface area contributed by atoms with Crippen LogP contribution in [0.4, 0.5) is 10.1 Å². The standard InChI is InChI=1S/C21H15FN4O2/c22-16-1-4-19(25-12-16)20(27)26-17-2-3-18-15(11-17)7-10-24-21(18)28-13-14-5-8-23-9-6-14/h1-12H,13H2,(H,26,27). The maximum atomic E-state index is 12.9. The molecule has 0 aliphatic rings. The van der Waals surface area contributed by atoms with Crippen LogP contribution in [0.1, 0.15) is 16.1 Å². The number of amides is 1. The zero-order chi connectivity index (χ0) is 19.3. The number of fused-ring (bicyclic) bond motifs is 1. The van der Waals surface area contributed by atoms with E-state index in [0.29, 0.717) is 18.2 Å². The topological polar surface area (TPSA) is 77.0 Å². The number of hydrogen-bond donors (Lipinski definition) is 1. The smallest absolute Gasteiger partial charge is 0.274 e. The van der Waals surface area contributed by atoms with Crippen LogP contribution in [0.2, 0.25) is 0 Å². The maximum absolute atomic E-state index is 12.9. The number of nitrogens with one attached hydrogen (secondary N) is 1. The van der Waals surface area contributed by atoms with Gasteiger partial charge in [-0.15, -0.1) is 0 Å². The fraction of sp³-hybridized carbons (Fsp3) is 0.0476. The van der Waals surface area contributed by atoms with Crippen molar-refractivity contribution in [3.05, 3.63) is 90.4 Å². The van der Waals surface area contributed by atoms with Crippen LogP contribution in [0, 0.1) is 5.82 Å². The van der Waals surface area contributed by atoms with E-state index in [1.165, 1.54) is 12.1 Å². The summed E-state index contributed by atoms with van der Waals surface area (Å²) >= 11 is 0. The summed E-state index contributed by atoms with van der Waals surface area (Å²) < 4.78 is 18.8. The maximum Gasteiger partial charge on any atom is 0.274 e. The number of rotatable bonds is 5. The quantitative estimate of drug-likeness (QED) is 0.571. The summed E-state index contributed by atoms with van der Waals surface area (Å²) in [6.45, 7) is 0.378. The molecule has 7 heteroatoms. The van der Waals surface area contributed by atoms with Crippen LogP contribution in [-0.2, 0) is 6.61 Å². The molecule has 0 spiro atoms. The molecule has 1 amide bonds. The molecule has 1 aromatic carbocycles. The van der Waals surface area contributed by atoms with Crippen LogP contribution < -0.4 is 10.1 Å². The number of carbonyl (C=O) groups is 1. The van der Waals surface area contributed by atoms with Crippen LogP contribution in [0.25, 0.3) is 10.8 Å². The highest BCUT2D eigenvalue weighted by atomic mass is 19.1. The first-order valence-corrected chi connectivity index (χ1v) is 8.52. The van der Waals surface area contributed by atoms with E-state index in [1.807, 2.05) is 30.3 Å². The molecule has 6 nitrogen and oxygen atoms in total. The van der Waals surface area contributed by atoms with Crippen LogP contribution in [-0.4, -0.2) is 20.9 Å². The number of anilines is 1. The van der Waals surface area contributed by atoms with Gasteiger partial charge in [0.15, 0.2) is 0 Å². The van der Waals surface area contributed by atoms with Crippen molar-refractivity contribution in [1.82, 2.24) is 15.0 Å². The van der Waals surface area contributed by atoms with Crippen molar-refractivity contribution >= 4 is 22.4 Å². The number of halogens is 1. The molecular weight excluding hydrogens is 359 g/mol. The number of ether oxygens (including phenoxy) is 1. The van der Waals surface area contributed by atoms with Gasteiger partial charge in [0.2, 0.25) is 5.88 Å². The summed E-state index contributed by atoms with van der Waals surface area (Å²) in [6, 6.07) is 13.5. The number of nitrogens with zero attached hydrogens (tertiary/aromatic N) is 3. The van der Waals surface area contributed by atoms with E-state index >= 15 is 0 Å². The molecule has 0 saturated heterocycles. The lowest BCUT2D eigenvalue weighted by Crippen LogP contribution is -2.13. The highest BCUT2D eigenvalue weighted by Gasteiger charge is 2.10. The van der Waals surface area contributed by atoms with E-state index in [-0.39, 0.29) is 5.69 Å². The predicted molar refractivity (Wildman–Crippen MR) is 102 cm³/mol. The molecule has 4 rings (SSSR count). The van der Waals surface area contributed by atoms with Crippen LogP contribution in [0.15, 0.2) is 73.3 Å². The minimum absolute atomic E-state index is 0.137. The van der Waals surface area contributed by atoms with Gasteiger partial charge in [-0.25, -0.2) is 14.4 Å². The molecule has 0 radical (unpaired) electrons. The molecule has 28 heavy (non-hydrogen) atoms. The summed E-state index contributed by atoms with van der Waals surface area (Å²) in [6.07, 6.45) is 6.07. The van der Waals surface area contributed by atoms with Gasteiger partial charge in [-0.3, -0.25) is 9.78 Å². The summed E-state index contributed by atoms with van der Waals surface area (Å²) in [5.74, 6) is -0.399. The van der Waals surface area contributed by atoms with Gasteiger partial charge in [-0.05, 0) is 59.5 Å². The molecule has 0 aliphatic heterocycles. The Morgan fingerprint density at radius 2 is 1.86 bits per heavy atom. The summed E-state index contributed by atoms with van der Waals surface area (Å²) in [5.41, 5.74) is 1.72. The fourth-order valence-electron chi connectivity index (χ4n) is 2.68. The molecule has 4 aromatic rings. The molecule has 3 aromatic heterocycles. The monoisotopic (exact) mass is 374 g/mol. The zero-order valence-corrected chi connectivity index (χ0v) is 14.7. The van der Waals surface area contributed by atoms with Crippen LogP contribution >= 0.6 is 0 Å². The van der Waals surface area contributed by atoms with Crippen LogP contribution in [0.5, 0.6) is 5.88 Å². The molecule has 0 unspecified atom stereocenters. The van der Waals surface area contributed by atoms with Crippen molar-refractivity contribution < 1.29 is 13.9 Å². The molecule has 3 heterocycles. The fourth-order valence-corrected chi connectivity index (χ4v) is 2.68. The van der Waals surface area contributed by atoms with Gasteiger partial charge < -0.3 is 10.1 Å². The van der Waals surface area contributed by atoms with E-state index in [4.69, 9.17) is 4.74 Å². The Balaban J connectivity index is 1.53. The second kappa shape index (κ2) is 7.79. The van der Waals surface area contributed by atoms with Crippen molar-refractivity contribution in [3.63, 3.8) is 0 Å². The van der Waals surface area contributed by atoms with Gasteiger partial charge >= 0.3 is 0 Å². The van der Waals surface area contributed by atoms with E-state index in [9.17, 15) is 9.18 Å². The number of pyridine rings is 3. The van der Waals surface area contributed by atoms with E-state index in [0.717, 1.165) is 22.5 Å². The molecule has 138 valence electrons. The van der Waals surface area contributed by atoms with Crippen molar-refractivity contribution in [2.24, 2.45) is 0 Å². The summed E-state index contributed by atoms with van der Waals surface area (Å²) in [5, 5.41) is 4.45. The van der Waals surface area contributed by atoms with Gasteiger partial charge in [0.1, 0.15) is 18.1 Å². The minimum atomic E-state index is -0.492. The Kier molecular flexibility index (Phi) is 4.88. The first-order chi connectivity index (χ1) is 13.7. The predicted octanol–water partition coefficient (Wildman–Crippen LogP) is 4.00. The Bertz CT molecular complexity index is 1120. The number of carbonyl (C=O) groups excluding carboxylic acids is 1. The lowest BCUT2D eigenvalue weighted by atomic mass is 10.1. The van der Waals surface area contributed by atoms with Gasteiger partial charge in [-0.1, -0.05) is 0 Å². The molecular formula is C21H15FN4O2. The Labute approximate surface area is 160 Å². The third-order valence-electron chi connectivity index (χ3n) is 4.07. The molecule has 0 bridgehead atoms. The minimum Gasteiger partial charge on any atom is -0.472 e. The highest BCUT2D eigenvalue weighted by Crippen LogP contribution is 2.26. The summed E-state index contributed by atoms with van der Waals surface area (Å²) in [7, 11) is 0. The third-order valence-corrected chi connectivity index (χ3v) is 4.07. The average Bonchev–Trinajstić information content (AvgIpc) is 2.73. The first-order valence-electron chi connectivity index (χ1n) is 8.52. The van der Waals surface area contributed by atoms with Gasteiger partial charge in [0.25, 0.3) is 5.91 Å². The van der Waals surface area contributed by atoms with Crippen molar-refractivity contribution in [2.45, 2.75) is 6.61 Å². The molecule has 0 saturated carbocycles. The highest BCUT2D eigenvalue weighted by molar-refractivity contribution is 6.04. The third kappa shape index (κ3) is 3.93. The molecule has 1 N–H and O–H groups in total. The average molecular weight is 374 g/mol. The summed E-state index contributed by atoms with van der Waals surface area (Å²) in [4.78, 5) is 24.3. The molecule has 0 fully saturated rings. The second-order valence-electron chi connectivity index (χ2n) is 6.01. The zero-order valence-electron chi connectivity index (χ0n) is 14.7. The largest absolute Gasteiger partial charge is 0.472 e. The normalized spacial score (nSPS) is 10.6. The number of benzene rings is 1.